The van der Waals surface area contributed by atoms with Crippen molar-refractivity contribution < 1.29 is 14.1 Å². The summed E-state index contributed by atoms with van der Waals surface area (Å²) in [6, 6.07) is 16.0. The van der Waals surface area contributed by atoms with Gasteiger partial charge in [-0.25, -0.2) is 9.37 Å². The molecule has 1 heterocycles. The van der Waals surface area contributed by atoms with Crippen molar-refractivity contribution in [3.63, 3.8) is 0 Å². The van der Waals surface area contributed by atoms with Crippen LogP contribution >= 0.6 is 23.4 Å². The van der Waals surface area contributed by atoms with Gasteiger partial charge in [-0.3, -0.25) is 24.3 Å². The first-order valence-electron chi connectivity index (χ1n) is 9.48. The van der Waals surface area contributed by atoms with Crippen molar-refractivity contribution in [2.24, 2.45) is 0 Å². The number of hydrogen-bond donors (Lipinski definition) is 1. The summed E-state index contributed by atoms with van der Waals surface area (Å²) in [6.07, 6.45) is 0. The number of fused-ring (bicyclic) bond motifs is 1. The van der Waals surface area contributed by atoms with Crippen molar-refractivity contribution in [3.8, 4) is 5.69 Å². The molecule has 0 spiro atoms. The third kappa shape index (κ3) is 4.86. The highest BCUT2D eigenvalue weighted by atomic mass is 35.5. The fourth-order valence-electron chi connectivity index (χ4n) is 3.05. The van der Waals surface area contributed by atoms with Crippen LogP contribution in [0.15, 0.2) is 76.7 Å². The molecule has 0 saturated heterocycles. The van der Waals surface area contributed by atoms with Crippen LogP contribution in [0.5, 0.6) is 0 Å². The van der Waals surface area contributed by atoms with E-state index in [9.17, 15) is 24.1 Å². The second-order valence-electron chi connectivity index (χ2n) is 6.79. The van der Waals surface area contributed by atoms with E-state index in [0.29, 0.717) is 22.3 Å². The van der Waals surface area contributed by atoms with Crippen molar-refractivity contribution in [2.75, 3.05) is 11.1 Å². The molecule has 3 aromatic carbocycles. The Morgan fingerprint density at radius 3 is 2.58 bits per heavy atom. The highest BCUT2D eigenvalue weighted by Gasteiger charge is 2.16. The topological polar surface area (TPSA) is 107 Å². The number of halogens is 2. The SMILES string of the molecule is O=C(CSc1nc2ccccc2c(=O)n1-c1ccc(F)c(Cl)c1)Nc1ccc([N+](=O)[O-])cc1. The Bertz CT molecular complexity index is 1440. The third-order valence-electron chi connectivity index (χ3n) is 4.60. The molecular weight excluding hydrogens is 471 g/mol. The van der Waals surface area contributed by atoms with E-state index in [1.807, 2.05) is 0 Å². The number of hydrogen-bond acceptors (Lipinski definition) is 6. The van der Waals surface area contributed by atoms with Gasteiger partial charge in [-0.2, -0.15) is 0 Å². The molecule has 0 radical (unpaired) electrons. The Morgan fingerprint density at radius 2 is 1.88 bits per heavy atom. The molecule has 166 valence electrons. The summed E-state index contributed by atoms with van der Waals surface area (Å²) in [4.78, 5) is 40.4. The van der Waals surface area contributed by atoms with Gasteiger partial charge in [0.25, 0.3) is 11.2 Å². The van der Waals surface area contributed by atoms with Gasteiger partial charge in [0, 0.05) is 17.8 Å². The first kappa shape index (κ1) is 22.4. The normalized spacial score (nSPS) is 10.8. The van der Waals surface area contributed by atoms with Gasteiger partial charge in [0.05, 0.1) is 32.3 Å². The summed E-state index contributed by atoms with van der Waals surface area (Å²) >= 11 is 6.92. The number of non-ortho nitro benzene ring substituents is 1. The molecule has 1 aromatic heterocycles. The zero-order valence-electron chi connectivity index (χ0n) is 16.7. The van der Waals surface area contributed by atoms with E-state index < -0.39 is 16.6 Å². The number of benzene rings is 3. The van der Waals surface area contributed by atoms with E-state index in [1.165, 1.54) is 41.0 Å². The first-order chi connectivity index (χ1) is 15.8. The van der Waals surface area contributed by atoms with Gasteiger partial charge in [0.1, 0.15) is 5.82 Å². The molecule has 0 fully saturated rings. The molecule has 0 aliphatic rings. The van der Waals surface area contributed by atoms with Crippen LogP contribution in [0.2, 0.25) is 5.02 Å². The molecule has 1 N–H and O–H groups in total. The standard InChI is InChI=1S/C22H14ClFN4O4S/c23-17-11-15(9-10-18(17)24)27-21(30)16-3-1-2-4-19(16)26-22(27)33-12-20(29)25-13-5-7-14(8-6-13)28(31)32/h1-11H,12H2,(H,25,29). The van der Waals surface area contributed by atoms with Gasteiger partial charge >= 0.3 is 0 Å². The highest BCUT2D eigenvalue weighted by Crippen LogP contribution is 2.25. The molecule has 4 rings (SSSR count). The minimum Gasteiger partial charge on any atom is -0.325 e. The molecular formula is C22H14ClFN4O4S. The number of carbonyl (C=O) groups excluding carboxylic acids is 1. The molecule has 0 saturated carbocycles. The average molecular weight is 485 g/mol. The van der Waals surface area contributed by atoms with E-state index in [-0.39, 0.29) is 27.2 Å². The second kappa shape index (κ2) is 9.39. The molecule has 0 bridgehead atoms. The number of thioether (sulfide) groups is 1. The number of nitro benzene ring substituents is 1. The van der Waals surface area contributed by atoms with Crippen molar-refractivity contribution >= 4 is 51.5 Å². The summed E-state index contributed by atoms with van der Waals surface area (Å²) < 4.78 is 14.9. The largest absolute Gasteiger partial charge is 0.325 e. The van der Waals surface area contributed by atoms with Crippen molar-refractivity contribution in [1.29, 1.82) is 0 Å². The van der Waals surface area contributed by atoms with Crippen LogP contribution < -0.4 is 10.9 Å². The minimum absolute atomic E-state index is 0.0929. The maximum absolute atomic E-state index is 13.7. The Hall–Kier alpha value is -3.76. The van der Waals surface area contributed by atoms with Gasteiger partial charge in [-0.15, -0.1) is 0 Å². The van der Waals surface area contributed by atoms with Crippen LogP contribution in [-0.2, 0) is 4.79 Å². The number of nitro groups is 1. The summed E-state index contributed by atoms with van der Waals surface area (Å²) in [5.74, 6) is -1.13. The summed E-state index contributed by atoms with van der Waals surface area (Å²) in [5, 5.41) is 13.8. The van der Waals surface area contributed by atoms with Crippen molar-refractivity contribution in [1.82, 2.24) is 9.55 Å². The van der Waals surface area contributed by atoms with Gasteiger partial charge in [0.15, 0.2) is 5.16 Å². The Morgan fingerprint density at radius 1 is 1.15 bits per heavy atom. The second-order valence-corrected chi connectivity index (χ2v) is 8.14. The minimum atomic E-state index is -0.626. The lowest BCUT2D eigenvalue weighted by Crippen LogP contribution is -2.23. The monoisotopic (exact) mass is 484 g/mol. The molecule has 0 aliphatic carbocycles. The Labute approximate surface area is 195 Å². The lowest BCUT2D eigenvalue weighted by Gasteiger charge is -2.13. The zero-order chi connectivity index (χ0) is 23.5. The smallest absolute Gasteiger partial charge is 0.269 e. The van der Waals surface area contributed by atoms with Crippen molar-refractivity contribution in [2.45, 2.75) is 5.16 Å². The first-order valence-corrected chi connectivity index (χ1v) is 10.8. The van der Waals surface area contributed by atoms with E-state index in [2.05, 4.69) is 10.3 Å². The number of anilines is 1. The highest BCUT2D eigenvalue weighted by molar-refractivity contribution is 7.99. The molecule has 11 heteroatoms. The average Bonchev–Trinajstić information content (AvgIpc) is 2.80. The number of rotatable bonds is 6. The summed E-state index contributed by atoms with van der Waals surface area (Å²) in [5.41, 5.74) is 0.666. The van der Waals surface area contributed by atoms with E-state index in [1.54, 1.807) is 24.3 Å². The van der Waals surface area contributed by atoms with Crippen LogP contribution in [-0.4, -0.2) is 26.1 Å². The number of amides is 1. The Kier molecular flexibility index (Phi) is 6.38. The molecule has 4 aromatic rings. The lowest BCUT2D eigenvalue weighted by molar-refractivity contribution is -0.384. The molecule has 1 amide bonds. The van der Waals surface area contributed by atoms with Crippen LogP contribution in [0.25, 0.3) is 16.6 Å². The fourth-order valence-corrected chi connectivity index (χ4v) is 4.04. The zero-order valence-corrected chi connectivity index (χ0v) is 18.3. The predicted molar refractivity (Wildman–Crippen MR) is 125 cm³/mol. The lowest BCUT2D eigenvalue weighted by atomic mass is 10.2. The summed E-state index contributed by atoms with van der Waals surface area (Å²) in [6.45, 7) is 0. The summed E-state index contributed by atoms with van der Waals surface area (Å²) in [7, 11) is 0. The van der Waals surface area contributed by atoms with Gasteiger partial charge < -0.3 is 5.32 Å². The number of nitrogens with zero attached hydrogens (tertiary/aromatic N) is 3. The van der Waals surface area contributed by atoms with Gasteiger partial charge in [-0.1, -0.05) is 35.5 Å². The molecule has 0 aliphatic heterocycles. The number of aromatic nitrogens is 2. The van der Waals surface area contributed by atoms with Crippen LogP contribution in [0.3, 0.4) is 0 Å². The molecule has 8 nitrogen and oxygen atoms in total. The Balaban J connectivity index is 1.63. The van der Waals surface area contributed by atoms with Gasteiger partial charge in [-0.05, 0) is 42.5 Å². The van der Waals surface area contributed by atoms with E-state index >= 15 is 0 Å². The maximum Gasteiger partial charge on any atom is 0.269 e. The molecule has 0 unspecified atom stereocenters. The number of nitrogens with one attached hydrogen (secondary N) is 1. The molecule has 0 atom stereocenters. The van der Waals surface area contributed by atoms with E-state index in [0.717, 1.165) is 17.8 Å². The molecule has 33 heavy (non-hydrogen) atoms. The third-order valence-corrected chi connectivity index (χ3v) is 5.83. The van der Waals surface area contributed by atoms with Crippen LogP contribution in [0.4, 0.5) is 15.8 Å². The van der Waals surface area contributed by atoms with Crippen LogP contribution in [0, 0.1) is 15.9 Å². The number of carbonyl (C=O) groups is 1. The van der Waals surface area contributed by atoms with Crippen LogP contribution in [0.1, 0.15) is 0 Å². The fraction of sp³-hybridized carbons (Fsp3) is 0.0455. The van der Waals surface area contributed by atoms with Crippen molar-refractivity contribution in [3.05, 3.63) is 98.0 Å². The predicted octanol–water partition coefficient (Wildman–Crippen LogP) is 4.82. The quantitative estimate of drug-likeness (QED) is 0.182. The van der Waals surface area contributed by atoms with Gasteiger partial charge in [0.2, 0.25) is 5.91 Å². The number of para-hydroxylation sites is 1. The van der Waals surface area contributed by atoms with E-state index in [4.69, 9.17) is 11.6 Å². The maximum atomic E-state index is 13.7.